The van der Waals surface area contributed by atoms with Crippen molar-refractivity contribution in [2.45, 2.75) is 57.2 Å². The van der Waals surface area contributed by atoms with Gasteiger partial charge in [0.05, 0.1) is 0 Å². The van der Waals surface area contributed by atoms with E-state index in [9.17, 15) is 9.59 Å². The molecule has 2 aliphatic heterocycles. The van der Waals surface area contributed by atoms with E-state index in [1.54, 1.807) is 4.90 Å². The fraction of sp³-hybridized carbons (Fsp3) is 0.846. The largest absolute Gasteiger partial charge is 0.480 e. The molecule has 2 saturated heterocycles. The second-order valence-corrected chi connectivity index (χ2v) is 6.51. The number of amides is 1. The highest BCUT2D eigenvalue weighted by Gasteiger charge is 2.47. The molecule has 108 valence electrons. The fourth-order valence-electron chi connectivity index (χ4n) is 2.80. The maximum Gasteiger partial charge on any atom is 0.410 e. The smallest absolute Gasteiger partial charge is 0.410 e. The highest BCUT2D eigenvalue weighted by Crippen LogP contribution is 2.33. The van der Waals surface area contributed by atoms with Crippen molar-refractivity contribution in [3.8, 4) is 0 Å². The summed E-state index contributed by atoms with van der Waals surface area (Å²) in [6.07, 6.45) is 1.89. The van der Waals surface area contributed by atoms with E-state index < -0.39 is 17.6 Å². The number of aliphatic carboxylic acids is 1. The van der Waals surface area contributed by atoms with E-state index in [-0.39, 0.29) is 11.6 Å². The molecule has 0 aromatic carbocycles. The molecule has 2 heterocycles. The lowest BCUT2D eigenvalue weighted by Gasteiger charge is -2.27. The van der Waals surface area contributed by atoms with Crippen molar-refractivity contribution in [2.75, 3.05) is 13.1 Å². The van der Waals surface area contributed by atoms with Gasteiger partial charge in [-0.15, -0.1) is 0 Å². The SMILES string of the molecule is CC(C)(C)OC(=O)N1CCC2(CCC(C(=O)O)N2)C1. The number of carboxylic acid groups (broad SMARTS) is 1. The van der Waals surface area contributed by atoms with Gasteiger partial charge in [0.25, 0.3) is 0 Å². The first-order chi connectivity index (χ1) is 8.71. The van der Waals surface area contributed by atoms with Crippen LogP contribution < -0.4 is 5.32 Å². The van der Waals surface area contributed by atoms with Gasteiger partial charge in [-0.05, 0) is 40.0 Å². The van der Waals surface area contributed by atoms with Crippen LogP contribution in [0, 0.1) is 0 Å². The predicted octanol–water partition coefficient (Wildman–Crippen LogP) is 1.20. The van der Waals surface area contributed by atoms with Crippen molar-refractivity contribution in [1.82, 2.24) is 10.2 Å². The first-order valence-electron chi connectivity index (χ1n) is 6.69. The van der Waals surface area contributed by atoms with Crippen LogP contribution in [0.3, 0.4) is 0 Å². The zero-order valence-electron chi connectivity index (χ0n) is 11.7. The number of carbonyl (C=O) groups is 2. The molecule has 0 aliphatic carbocycles. The maximum absolute atomic E-state index is 12.0. The molecule has 2 rings (SSSR count). The van der Waals surface area contributed by atoms with Gasteiger partial charge in [-0.25, -0.2) is 4.79 Å². The highest BCUT2D eigenvalue weighted by atomic mass is 16.6. The van der Waals surface area contributed by atoms with Crippen molar-refractivity contribution in [3.63, 3.8) is 0 Å². The summed E-state index contributed by atoms with van der Waals surface area (Å²) < 4.78 is 5.34. The predicted molar refractivity (Wildman–Crippen MR) is 68.9 cm³/mol. The lowest BCUT2D eigenvalue weighted by atomic mass is 9.97. The fourth-order valence-corrected chi connectivity index (χ4v) is 2.80. The summed E-state index contributed by atoms with van der Waals surface area (Å²) in [6, 6.07) is -0.487. The van der Waals surface area contributed by atoms with Gasteiger partial charge in [-0.3, -0.25) is 10.1 Å². The standard InChI is InChI=1S/C13H22N2O4/c1-12(2,3)19-11(18)15-7-6-13(8-15)5-4-9(14-13)10(16)17/h9,14H,4-8H2,1-3H3,(H,16,17). The van der Waals surface area contributed by atoms with Crippen LogP contribution in [-0.2, 0) is 9.53 Å². The number of rotatable bonds is 1. The molecule has 0 radical (unpaired) electrons. The molecule has 6 nitrogen and oxygen atoms in total. The number of hydrogen-bond donors (Lipinski definition) is 2. The van der Waals surface area contributed by atoms with Crippen LogP contribution in [0.5, 0.6) is 0 Å². The number of likely N-dealkylation sites (tertiary alicyclic amines) is 1. The number of nitrogens with one attached hydrogen (secondary N) is 1. The number of carboxylic acids is 1. The topological polar surface area (TPSA) is 78.9 Å². The van der Waals surface area contributed by atoms with Gasteiger partial charge >= 0.3 is 12.1 Å². The molecular weight excluding hydrogens is 248 g/mol. The summed E-state index contributed by atoms with van der Waals surface area (Å²) in [6.45, 7) is 6.67. The quantitative estimate of drug-likeness (QED) is 0.748. The van der Waals surface area contributed by atoms with Crippen LogP contribution in [0.2, 0.25) is 0 Å². The molecule has 6 heteroatoms. The van der Waals surface area contributed by atoms with Gasteiger partial charge in [0.15, 0.2) is 0 Å². The zero-order valence-corrected chi connectivity index (χ0v) is 11.7. The molecular formula is C13H22N2O4. The monoisotopic (exact) mass is 270 g/mol. The third-order valence-electron chi connectivity index (χ3n) is 3.70. The number of hydrogen-bond acceptors (Lipinski definition) is 4. The minimum absolute atomic E-state index is 0.236. The van der Waals surface area contributed by atoms with Crippen molar-refractivity contribution in [1.29, 1.82) is 0 Å². The summed E-state index contributed by atoms with van der Waals surface area (Å²) >= 11 is 0. The van der Waals surface area contributed by atoms with E-state index in [0.29, 0.717) is 19.5 Å². The summed E-state index contributed by atoms with van der Waals surface area (Å²) in [7, 11) is 0. The Morgan fingerprint density at radius 1 is 1.37 bits per heavy atom. The molecule has 1 spiro atoms. The molecule has 0 bridgehead atoms. The summed E-state index contributed by atoms with van der Waals surface area (Å²) in [5, 5.41) is 12.2. The van der Waals surface area contributed by atoms with E-state index in [0.717, 1.165) is 12.8 Å². The van der Waals surface area contributed by atoms with Crippen LogP contribution in [0.1, 0.15) is 40.0 Å². The molecule has 0 saturated carbocycles. The number of carbonyl (C=O) groups excluding carboxylic acids is 1. The second-order valence-electron chi connectivity index (χ2n) is 6.51. The molecule has 2 atom stereocenters. The molecule has 0 aromatic rings. The Balaban J connectivity index is 1.93. The first-order valence-corrected chi connectivity index (χ1v) is 6.69. The van der Waals surface area contributed by atoms with Gasteiger partial charge < -0.3 is 14.7 Å². The molecule has 2 N–H and O–H groups in total. The number of ether oxygens (including phenoxy) is 1. The van der Waals surface area contributed by atoms with Crippen LogP contribution in [0.25, 0.3) is 0 Å². The summed E-state index contributed by atoms with van der Waals surface area (Å²) in [4.78, 5) is 24.6. The minimum Gasteiger partial charge on any atom is -0.480 e. The Morgan fingerprint density at radius 3 is 2.58 bits per heavy atom. The third kappa shape index (κ3) is 3.18. The van der Waals surface area contributed by atoms with Crippen LogP contribution in [-0.4, -0.2) is 52.3 Å². The minimum atomic E-state index is -0.812. The van der Waals surface area contributed by atoms with Crippen LogP contribution >= 0.6 is 0 Å². The Labute approximate surface area is 113 Å². The lowest BCUT2D eigenvalue weighted by Crippen LogP contribution is -2.48. The maximum atomic E-state index is 12.0. The van der Waals surface area contributed by atoms with E-state index in [1.165, 1.54) is 0 Å². The second kappa shape index (κ2) is 4.67. The molecule has 1 amide bonds. The Hall–Kier alpha value is -1.30. The Bertz CT molecular complexity index is 391. The Morgan fingerprint density at radius 2 is 2.05 bits per heavy atom. The first kappa shape index (κ1) is 14.1. The third-order valence-corrected chi connectivity index (χ3v) is 3.70. The van der Waals surface area contributed by atoms with Gasteiger partial charge in [0.1, 0.15) is 11.6 Å². The van der Waals surface area contributed by atoms with Crippen LogP contribution in [0.4, 0.5) is 4.79 Å². The van der Waals surface area contributed by atoms with E-state index in [1.807, 2.05) is 20.8 Å². The summed E-state index contributed by atoms with van der Waals surface area (Å²) in [5.41, 5.74) is -0.737. The van der Waals surface area contributed by atoms with Gasteiger partial charge in [0, 0.05) is 18.6 Å². The van der Waals surface area contributed by atoms with Gasteiger partial charge in [0.2, 0.25) is 0 Å². The zero-order chi connectivity index (χ0) is 14.3. The van der Waals surface area contributed by atoms with Crippen molar-refractivity contribution < 1.29 is 19.4 Å². The van der Waals surface area contributed by atoms with Crippen molar-refractivity contribution in [3.05, 3.63) is 0 Å². The average Bonchev–Trinajstić information content (AvgIpc) is 2.85. The van der Waals surface area contributed by atoms with Crippen molar-refractivity contribution in [2.24, 2.45) is 0 Å². The normalized spacial score (nSPS) is 30.9. The van der Waals surface area contributed by atoms with Crippen molar-refractivity contribution >= 4 is 12.1 Å². The molecule has 2 aliphatic rings. The Kier molecular flexibility index (Phi) is 3.47. The summed E-state index contributed by atoms with van der Waals surface area (Å²) in [5.74, 6) is -0.812. The molecule has 19 heavy (non-hydrogen) atoms. The van der Waals surface area contributed by atoms with E-state index >= 15 is 0 Å². The van der Waals surface area contributed by atoms with Gasteiger partial charge in [-0.2, -0.15) is 0 Å². The average molecular weight is 270 g/mol. The van der Waals surface area contributed by atoms with Gasteiger partial charge in [-0.1, -0.05) is 0 Å². The lowest BCUT2D eigenvalue weighted by molar-refractivity contribution is -0.139. The molecule has 2 unspecified atom stereocenters. The van der Waals surface area contributed by atoms with E-state index in [4.69, 9.17) is 9.84 Å². The van der Waals surface area contributed by atoms with Crippen LogP contribution in [0.15, 0.2) is 0 Å². The molecule has 0 aromatic heterocycles. The molecule has 2 fully saturated rings. The highest BCUT2D eigenvalue weighted by molar-refractivity contribution is 5.74. The number of nitrogens with zero attached hydrogens (tertiary/aromatic N) is 1. The van der Waals surface area contributed by atoms with E-state index in [2.05, 4.69) is 5.32 Å².